The highest BCUT2D eigenvalue weighted by Crippen LogP contribution is 1.99. The van der Waals surface area contributed by atoms with E-state index in [2.05, 4.69) is 0 Å². The van der Waals surface area contributed by atoms with Crippen LogP contribution in [0.15, 0.2) is 0 Å². The van der Waals surface area contributed by atoms with Gasteiger partial charge in [0.05, 0.1) is 0 Å². The molecule has 0 unspecified atom stereocenters. The van der Waals surface area contributed by atoms with Crippen LogP contribution in [0.5, 0.6) is 0 Å². The van der Waals surface area contributed by atoms with Crippen LogP contribution >= 0.6 is 0 Å². The molecule has 0 aromatic carbocycles. The average molecular weight is 115 g/mol. The van der Waals surface area contributed by atoms with Gasteiger partial charge in [-0.1, -0.05) is 6.92 Å². The second-order valence-corrected chi connectivity index (χ2v) is 2.26. The van der Waals surface area contributed by atoms with Gasteiger partial charge >= 0.3 is 0 Å². The Hall–Kier alpha value is -0.370. The monoisotopic (exact) mass is 115 g/mol. The van der Waals surface area contributed by atoms with Crippen LogP contribution in [-0.2, 0) is 4.79 Å². The van der Waals surface area contributed by atoms with Crippen molar-refractivity contribution in [1.29, 1.82) is 0 Å². The Bertz CT molecular complexity index is 88.5. The maximum atomic E-state index is 10.5. The van der Waals surface area contributed by atoms with Crippen molar-refractivity contribution >= 4 is 5.78 Å². The van der Waals surface area contributed by atoms with E-state index in [1.807, 2.05) is 13.8 Å². The third kappa shape index (κ3) is 2.07. The number of nitrogens with two attached hydrogens (primary N) is 1. The van der Waals surface area contributed by atoms with E-state index in [4.69, 9.17) is 5.73 Å². The fourth-order valence-corrected chi connectivity index (χ4v) is 0.370. The summed E-state index contributed by atoms with van der Waals surface area (Å²) in [6.45, 7) is 5.24. The second kappa shape index (κ2) is 2.82. The minimum atomic E-state index is -0.00694. The van der Waals surface area contributed by atoms with Crippen LogP contribution in [0, 0.1) is 5.92 Å². The molecule has 0 heterocycles. The van der Waals surface area contributed by atoms with Crippen molar-refractivity contribution in [3.63, 3.8) is 0 Å². The minimum absolute atomic E-state index is 0.00694. The van der Waals surface area contributed by atoms with E-state index < -0.39 is 0 Å². The lowest BCUT2D eigenvalue weighted by Gasteiger charge is -2.09. The Morgan fingerprint density at radius 3 is 1.88 bits per heavy atom. The Balaban J connectivity index is 3.64. The Morgan fingerprint density at radius 2 is 1.88 bits per heavy atom. The van der Waals surface area contributed by atoms with Crippen molar-refractivity contribution in [2.24, 2.45) is 11.7 Å². The standard InChI is InChI=1S/C6H13NO/c1-4(5(2)7)6(3)8/h4-5H,7H2,1-3H3/t4-,5-/m1/s1. The summed E-state index contributed by atoms with van der Waals surface area (Å²) in [6, 6.07) is -0.00694. The predicted molar refractivity (Wildman–Crippen MR) is 33.5 cm³/mol. The van der Waals surface area contributed by atoms with Crippen LogP contribution in [-0.4, -0.2) is 11.8 Å². The van der Waals surface area contributed by atoms with E-state index in [9.17, 15) is 4.79 Å². The number of hydrogen-bond acceptors (Lipinski definition) is 2. The summed E-state index contributed by atoms with van der Waals surface area (Å²) in [4.78, 5) is 10.5. The highest BCUT2D eigenvalue weighted by Gasteiger charge is 2.10. The van der Waals surface area contributed by atoms with Gasteiger partial charge in [-0.2, -0.15) is 0 Å². The molecule has 0 radical (unpaired) electrons. The zero-order valence-corrected chi connectivity index (χ0v) is 5.64. The number of ketones is 1. The number of carbonyl (C=O) groups is 1. The second-order valence-electron chi connectivity index (χ2n) is 2.26. The molecule has 2 heteroatoms. The van der Waals surface area contributed by atoms with E-state index in [0.717, 1.165) is 0 Å². The molecular weight excluding hydrogens is 102 g/mol. The van der Waals surface area contributed by atoms with Crippen LogP contribution in [0.1, 0.15) is 20.8 Å². The highest BCUT2D eigenvalue weighted by atomic mass is 16.1. The lowest BCUT2D eigenvalue weighted by atomic mass is 10.0. The molecule has 48 valence electrons. The molecule has 2 atom stereocenters. The molecule has 0 amide bonds. The van der Waals surface area contributed by atoms with Gasteiger partial charge in [0.2, 0.25) is 0 Å². The zero-order chi connectivity index (χ0) is 6.73. The topological polar surface area (TPSA) is 43.1 Å². The molecule has 0 saturated carbocycles. The average Bonchev–Trinajstić information content (AvgIpc) is 1.64. The van der Waals surface area contributed by atoms with Gasteiger partial charge in [0, 0.05) is 12.0 Å². The number of carbonyl (C=O) groups excluding carboxylic acids is 1. The molecule has 0 aromatic rings. The molecule has 2 nitrogen and oxygen atoms in total. The minimum Gasteiger partial charge on any atom is -0.327 e. The Morgan fingerprint density at radius 1 is 1.50 bits per heavy atom. The van der Waals surface area contributed by atoms with Crippen molar-refractivity contribution in [3.8, 4) is 0 Å². The third-order valence-corrected chi connectivity index (χ3v) is 1.43. The van der Waals surface area contributed by atoms with Gasteiger partial charge in [-0.15, -0.1) is 0 Å². The summed E-state index contributed by atoms with van der Waals surface area (Å²) in [6.07, 6.45) is 0. The lowest BCUT2D eigenvalue weighted by Crippen LogP contribution is -2.28. The van der Waals surface area contributed by atoms with Crippen molar-refractivity contribution < 1.29 is 4.79 Å². The first-order valence-electron chi connectivity index (χ1n) is 2.81. The third-order valence-electron chi connectivity index (χ3n) is 1.43. The first kappa shape index (κ1) is 7.63. The van der Waals surface area contributed by atoms with Crippen molar-refractivity contribution in [2.75, 3.05) is 0 Å². The van der Waals surface area contributed by atoms with E-state index in [0.29, 0.717) is 0 Å². The molecule has 0 spiro atoms. The maximum absolute atomic E-state index is 10.5. The fourth-order valence-electron chi connectivity index (χ4n) is 0.370. The van der Waals surface area contributed by atoms with Crippen LogP contribution in [0.2, 0.25) is 0 Å². The van der Waals surface area contributed by atoms with Gasteiger partial charge in [0.1, 0.15) is 5.78 Å². The SMILES string of the molecule is CC(=O)[C@H](C)[C@@H](C)N. The van der Waals surface area contributed by atoms with E-state index in [1.54, 1.807) is 6.92 Å². The summed E-state index contributed by atoms with van der Waals surface area (Å²) >= 11 is 0. The van der Waals surface area contributed by atoms with Gasteiger partial charge in [-0.3, -0.25) is 4.79 Å². The van der Waals surface area contributed by atoms with Crippen LogP contribution in [0.25, 0.3) is 0 Å². The molecule has 0 saturated heterocycles. The molecule has 0 aliphatic rings. The van der Waals surface area contributed by atoms with Crippen LogP contribution < -0.4 is 5.73 Å². The molecule has 2 N–H and O–H groups in total. The molecule has 8 heavy (non-hydrogen) atoms. The molecule has 0 aliphatic heterocycles. The summed E-state index contributed by atoms with van der Waals surface area (Å²) in [7, 11) is 0. The van der Waals surface area contributed by atoms with E-state index in [1.165, 1.54) is 0 Å². The summed E-state index contributed by atoms with van der Waals surface area (Å²) in [5.41, 5.74) is 5.42. The van der Waals surface area contributed by atoms with Gasteiger partial charge in [0.15, 0.2) is 0 Å². The number of Topliss-reactive ketones (excluding diaryl/α,β-unsaturated/α-hetero) is 1. The normalized spacial score (nSPS) is 17.5. The molecule has 0 rings (SSSR count). The molecule has 0 aromatic heterocycles. The summed E-state index contributed by atoms with van der Waals surface area (Å²) in [5, 5.41) is 0. The number of hydrogen-bond donors (Lipinski definition) is 1. The first-order chi connectivity index (χ1) is 3.55. The predicted octanol–water partition coefficient (Wildman–Crippen LogP) is 0.559. The van der Waals surface area contributed by atoms with Gasteiger partial charge in [0.25, 0.3) is 0 Å². The quantitative estimate of drug-likeness (QED) is 0.571. The molecule has 0 bridgehead atoms. The van der Waals surface area contributed by atoms with Crippen molar-refractivity contribution in [2.45, 2.75) is 26.8 Å². The van der Waals surface area contributed by atoms with E-state index in [-0.39, 0.29) is 17.7 Å². The van der Waals surface area contributed by atoms with E-state index >= 15 is 0 Å². The summed E-state index contributed by atoms with van der Waals surface area (Å²) < 4.78 is 0. The van der Waals surface area contributed by atoms with Crippen LogP contribution in [0.3, 0.4) is 0 Å². The van der Waals surface area contributed by atoms with Crippen LogP contribution in [0.4, 0.5) is 0 Å². The Kier molecular flexibility index (Phi) is 2.69. The largest absolute Gasteiger partial charge is 0.327 e. The molecule has 0 aliphatic carbocycles. The fraction of sp³-hybridized carbons (Fsp3) is 0.833. The highest BCUT2D eigenvalue weighted by molar-refractivity contribution is 5.78. The molecular formula is C6H13NO. The summed E-state index contributed by atoms with van der Waals surface area (Å²) in [5.74, 6) is 0.176. The van der Waals surface area contributed by atoms with Gasteiger partial charge < -0.3 is 5.73 Å². The Labute approximate surface area is 50.1 Å². The lowest BCUT2D eigenvalue weighted by molar-refractivity contribution is -0.120. The number of rotatable bonds is 2. The van der Waals surface area contributed by atoms with Crippen molar-refractivity contribution in [1.82, 2.24) is 0 Å². The molecule has 0 fully saturated rings. The first-order valence-corrected chi connectivity index (χ1v) is 2.81. The van der Waals surface area contributed by atoms with Gasteiger partial charge in [-0.25, -0.2) is 0 Å². The zero-order valence-electron chi connectivity index (χ0n) is 5.64. The maximum Gasteiger partial charge on any atom is 0.134 e. The van der Waals surface area contributed by atoms with Gasteiger partial charge in [-0.05, 0) is 13.8 Å². The van der Waals surface area contributed by atoms with Crippen molar-refractivity contribution in [3.05, 3.63) is 0 Å². The smallest absolute Gasteiger partial charge is 0.134 e.